The fraction of sp³-hybridized carbons (Fsp3) is 0.154. The van der Waals surface area contributed by atoms with Gasteiger partial charge in [-0.1, -0.05) is 53.7 Å². The van der Waals surface area contributed by atoms with Gasteiger partial charge in [0.1, 0.15) is 0 Å². The van der Waals surface area contributed by atoms with Crippen molar-refractivity contribution in [3.05, 3.63) is 93.3 Å². The highest BCUT2D eigenvalue weighted by molar-refractivity contribution is 8.04. The third kappa shape index (κ3) is 5.46. The molecular weight excluding hydrogens is 472 g/mol. The lowest BCUT2D eigenvalue weighted by Gasteiger charge is -2.27. The second kappa shape index (κ2) is 10.5. The van der Waals surface area contributed by atoms with Crippen molar-refractivity contribution >= 4 is 58.7 Å². The normalized spacial score (nSPS) is 14.3. The summed E-state index contributed by atoms with van der Waals surface area (Å²) in [7, 11) is 1.72. The van der Waals surface area contributed by atoms with Crippen LogP contribution in [-0.2, 0) is 11.2 Å². The summed E-state index contributed by atoms with van der Waals surface area (Å²) in [5, 5.41) is 3.57. The van der Waals surface area contributed by atoms with Crippen LogP contribution in [0.3, 0.4) is 0 Å². The van der Waals surface area contributed by atoms with Gasteiger partial charge in [-0.25, -0.2) is 0 Å². The average Bonchev–Trinajstić information content (AvgIpc) is 2.84. The maximum Gasteiger partial charge on any atom is 0.264 e. The van der Waals surface area contributed by atoms with Gasteiger partial charge in [-0.2, -0.15) is 0 Å². The Morgan fingerprint density at radius 1 is 1.12 bits per heavy atom. The highest BCUT2D eigenvalue weighted by atomic mass is 35.5. The van der Waals surface area contributed by atoms with E-state index in [1.807, 2.05) is 30.5 Å². The Kier molecular flexibility index (Phi) is 7.48. The summed E-state index contributed by atoms with van der Waals surface area (Å²) < 4.78 is 0. The van der Waals surface area contributed by atoms with Crippen molar-refractivity contribution in [2.45, 2.75) is 16.2 Å². The monoisotopic (exact) mass is 494 g/mol. The Morgan fingerprint density at radius 3 is 2.61 bits per heavy atom. The van der Waals surface area contributed by atoms with Crippen LogP contribution in [-0.4, -0.2) is 31.7 Å². The zero-order valence-electron chi connectivity index (χ0n) is 18.3. The first-order valence-electron chi connectivity index (χ1n) is 10.4. The van der Waals surface area contributed by atoms with Gasteiger partial charge in [0.2, 0.25) is 0 Å². The third-order valence-corrected chi connectivity index (χ3v) is 7.53. The Bertz CT molecular complexity index is 1230. The Labute approximate surface area is 207 Å². The number of carbonyl (C=O) groups excluding carboxylic acids is 2. The van der Waals surface area contributed by atoms with Crippen molar-refractivity contribution < 1.29 is 9.59 Å². The number of anilines is 1. The molecule has 4 rings (SSSR count). The summed E-state index contributed by atoms with van der Waals surface area (Å²) in [6.07, 6.45) is 4.62. The minimum atomic E-state index is -0.151. The number of nitrogens with zero attached hydrogens (tertiary/aromatic N) is 1. The molecule has 0 atom stereocenters. The number of amides is 2. The minimum absolute atomic E-state index is 0.126. The van der Waals surface area contributed by atoms with Gasteiger partial charge in [-0.05, 0) is 66.3 Å². The van der Waals surface area contributed by atoms with E-state index in [2.05, 4.69) is 29.6 Å². The number of nitrogens with one attached hydrogen (secondary N) is 1. The maximum atomic E-state index is 13.0. The standard InChI is InChI=1S/C26H23ClN2O2S2/c1-29-22-15-19(25(30)28-14-13-17-7-10-20(32-2)11-8-17)9-12-23(22)33-24(26(29)31)16-18-5-3-4-6-21(18)27/h3-12,15-16H,13-14H2,1-2H3,(H,28,30). The van der Waals surface area contributed by atoms with Crippen LogP contribution in [0.5, 0.6) is 0 Å². The van der Waals surface area contributed by atoms with Crippen LogP contribution in [0.1, 0.15) is 21.5 Å². The summed E-state index contributed by atoms with van der Waals surface area (Å²) in [5.74, 6) is -0.277. The summed E-state index contributed by atoms with van der Waals surface area (Å²) in [6.45, 7) is 0.544. The highest BCUT2D eigenvalue weighted by Crippen LogP contribution is 2.42. The van der Waals surface area contributed by atoms with Gasteiger partial charge in [-0.15, -0.1) is 11.8 Å². The molecular formula is C26H23ClN2O2S2. The maximum absolute atomic E-state index is 13.0. The molecule has 3 aromatic rings. The molecule has 0 fully saturated rings. The number of thioether (sulfide) groups is 2. The molecule has 0 bridgehead atoms. The number of fused-ring (bicyclic) bond motifs is 1. The van der Waals surface area contributed by atoms with Crippen molar-refractivity contribution in [3.63, 3.8) is 0 Å². The predicted octanol–water partition coefficient (Wildman–Crippen LogP) is 6.14. The van der Waals surface area contributed by atoms with E-state index in [0.29, 0.717) is 22.0 Å². The molecule has 3 aromatic carbocycles. The van der Waals surface area contributed by atoms with E-state index in [0.717, 1.165) is 22.6 Å². The van der Waals surface area contributed by atoms with E-state index in [1.165, 1.54) is 22.2 Å². The van der Waals surface area contributed by atoms with Crippen LogP contribution in [0.15, 0.2) is 81.4 Å². The van der Waals surface area contributed by atoms with Crippen LogP contribution in [0.25, 0.3) is 6.08 Å². The largest absolute Gasteiger partial charge is 0.352 e. The van der Waals surface area contributed by atoms with Crippen LogP contribution in [0.2, 0.25) is 5.02 Å². The first-order valence-corrected chi connectivity index (χ1v) is 12.9. The van der Waals surface area contributed by atoms with Crippen LogP contribution >= 0.6 is 35.1 Å². The number of carbonyl (C=O) groups is 2. The fourth-order valence-corrected chi connectivity index (χ4v) is 5.17. The van der Waals surface area contributed by atoms with E-state index < -0.39 is 0 Å². The van der Waals surface area contributed by atoms with Crippen molar-refractivity contribution in [3.8, 4) is 0 Å². The van der Waals surface area contributed by atoms with E-state index in [-0.39, 0.29) is 11.8 Å². The zero-order valence-corrected chi connectivity index (χ0v) is 20.7. The molecule has 0 saturated heterocycles. The van der Waals surface area contributed by atoms with E-state index in [1.54, 1.807) is 48.0 Å². The molecule has 1 N–H and O–H groups in total. The molecule has 0 unspecified atom stereocenters. The molecule has 1 aliphatic rings. The van der Waals surface area contributed by atoms with Crippen LogP contribution in [0.4, 0.5) is 5.69 Å². The van der Waals surface area contributed by atoms with Crippen molar-refractivity contribution in [2.24, 2.45) is 0 Å². The van der Waals surface area contributed by atoms with E-state index >= 15 is 0 Å². The summed E-state index contributed by atoms with van der Waals surface area (Å²) in [6, 6.07) is 21.2. The smallest absolute Gasteiger partial charge is 0.264 e. The van der Waals surface area contributed by atoms with Gasteiger partial charge in [0, 0.05) is 34.0 Å². The fourth-order valence-electron chi connectivity index (χ4n) is 3.48. The molecule has 0 aliphatic carbocycles. The molecule has 2 amide bonds. The summed E-state index contributed by atoms with van der Waals surface area (Å²) >= 11 is 9.35. The number of halogens is 1. The number of hydrogen-bond acceptors (Lipinski definition) is 4. The number of rotatable bonds is 6. The van der Waals surface area contributed by atoms with E-state index in [9.17, 15) is 9.59 Å². The SMILES string of the molecule is CSc1ccc(CCNC(=O)c2ccc3c(c2)N(C)C(=O)C(=Cc2ccccc2Cl)S3)cc1. The van der Waals surface area contributed by atoms with Gasteiger partial charge in [-0.3, -0.25) is 9.59 Å². The van der Waals surface area contributed by atoms with Gasteiger partial charge in [0.15, 0.2) is 0 Å². The second-order valence-corrected chi connectivity index (χ2v) is 9.90. The first-order chi connectivity index (χ1) is 16.0. The van der Waals surface area contributed by atoms with Crippen molar-refractivity contribution in [1.29, 1.82) is 0 Å². The molecule has 0 radical (unpaired) electrons. The Balaban J connectivity index is 1.45. The van der Waals surface area contributed by atoms with Crippen molar-refractivity contribution in [2.75, 3.05) is 24.7 Å². The van der Waals surface area contributed by atoms with Gasteiger partial charge >= 0.3 is 0 Å². The molecule has 4 nitrogen and oxygen atoms in total. The van der Waals surface area contributed by atoms with Gasteiger partial charge in [0.25, 0.3) is 11.8 Å². The molecule has 0 saturated carbocycles. The quantitative estimate of drug-likeness (QED) is 0.330. The summed E-state index contributed by atoms with van der Waals surface area (Å²) in [4.78, 5) is 30.0. The lowest BCUT2D eigenvalue weighted by molar-refractivity contribution is -0.114. The molecule has 168 valence electrons. The molecule has 0 aromatic heterocycles. The number of hydrogen-bond donors (Lipinski definition) is 1. The first kappa shape index (κ1) is 23.5. The highest BCUT2D eigenvalue weighted by Gasteiger charge is 2.27. The minimum Gasteiger partial charge on any atom is -0.352 e. The van der Waals surface area contributed by atoms with Crippen LogP contribution in [0, 0.1) is 0 Å². The molecule has 1 heterocycles. The van der Waals surface area contributed by atoms with E-state index in [4.69, 9.17) is 11.6 Å². The number of benzene rings is 3. The second-order valence-electron chi connectivity index (χ2n) is 7.53. The molecule has 7 heteroatoms. The summed E-state index contributed by atoms with van der Waals surface area (Å²) in [5.41, 5.74) is 3.23. The van der Waals surface area contributed by atoms with Gasteiger partial charge in [0.05, 0.1) is 10.6 Å². The third-order valence-electron chi connectivity index (χ3n) is 5.37. The Hall–Kier alpha value is -2.67. The molecule has 0 spiro atoms. The van der Waals surface area contributed by atoms with Crippen molar-refractivity contribution in [1.82, 2.24) is 5.32 Å². The van der Waals surface area contributed by atoms with Gasteiger partial charge < -0.3 is 10.2 Å². The Morgan fingerprint density at radius 2 is 1.88 bits per heavy atom. The molecule has 33 heavy (non-hydrogen) atoms. The number of likely N-dealkylation sites (N-methyl/N-ethyl adjacent to an activating group) is 1. The predicted molar refractivity (Wildman–Crippen MR) is 139 cm³/mol. The molecule has 1 aliphatic heterocycles. The lowest BCUT2D eigenvalue weighted by atomic mass is 10.1. The van der Waals surface area contributed by atoms with Crippen LogP contribution < -0.4 is 10.2 Å². The zero-order chi connectivity index (χ0) is 23.4. The topological polar surface area (TPSA) is 49.4 Å². The average molecular weight is 495 g/mol. The lowest BCUT2D eigenvalue weighted by Crippen LogP contribution is -2.31.